The summed E-state index contributed by atoms with van der Waals surface area (Å²) in [6, 6.07) is 8.22. The maximum atomic E-state index is 10.0. The molecule has 0 saturated heterocycles. The zero-order chi connectivity index (χ0) is 18.7. The van der Waals surface area contributed by atoms with Crippen LogP contribution in [0.1, 0.15) is 96.3 Å². The van der Waals surface area contributed by atoms with E-state index >= 15 is 0 Å². The van der Waals surface area contributed by atoms with Gasteiger partial charge in [0.15, 0.2) is 5.79 Å². The largest absolute Gasteiger partial charge is 0.388 e. The van der Waals surface area contributed by atoms with Crippen molar-refractivity contribution in [3.05, 3.63) is 35.4 Å². The van der Waals surface area contributed by atoms with Gasteiger partial charge in [-0.3, -0.25) is 0 Å². The van der Waals surface area contributed by atoms with E-state index in [1.54, 1.807) is 13.8 Å². The highest BCUT2D eigenvalue weighted by Crippen LogP contribution is 2.21. The van der Waals surface area contributed by atoms with E-state index in [1.807, 2.05) is 19.1 Å². The smallest absolute Gasteiger partial charge is 0.160 e. The molecule has 0 heterocycles. The van der Waals surface area contributed by atoms with Gasteiger partial charge in [-0.25, -0.2) is 0 Å². The third-order valence-electron chi connectivity index (χ3n) is 4.59. The van der Waals surface area contributed by atoms with Crippen LogP contribution in [0.4, 0.5) is 0 Å². The fourth-order valence-corrected chi connectivity index (χ4v) is 3.12. The molecule has 2 N–H and O–H groups in total. The third-order valence-corrected chi connectivity index (χ3v) is 4.59. The number of rotatable bonds is 13. The van der Waals surface area contributed by atoms with Gasteiger partial charge in [0.1, 0.15) is 0 Å². The van der Waals surface area contributed by atoms with Crippen LogP contribution in [0.5, 0.6) is 0 Å². The first-order chi connectivity index (χ1) is 11.9. The van der Waals surface area contributed by atoms with Crippen molar-refractivity contribution in [3.63, 3.8) is 0 Å². The lowest BCUT2D eigenvalue weighted by atomic mass is 9.99. The lowest BCUT2D eigenvalue weighted by molar-refractivity contribution is -0.208. The van der Waals surface area contributed by atoms with Crippen LogP contribution in [-0.2, 0) is 11.2 Å². The Morgan fingerprint density at radius 2 is 1.60 bits per heavy atom. The van der Waals surface area contributed by atoms with Crippen LogP contribution < -0.4 is 0 Å². The molecular weight excluding hydrogens is 312 g/mol. The van der Waals surface area contributed by atoms with Gasteiger partial charge in [-0.15, -0.1) is 0 Å². The molecular formula is C22H38O3. The molecule has 0 aromatic heterocycles. The average Bonchev–Trinajstić information content (AvgIpc) is 2.57. The predicted octanol–water partition coefficient (Wildman–Crippen LogP) is 5.54. The second kappa shape index (κ2) is 11.7. The van der Waals surface area contributed by atoms with Gasteiger partial charge in [0.25, 0.3) is 0 Å². The van der Waals surface area contributed by atoms with Crippen LogP contribution in [-0.4, -0.2) is 22.1 Å². The standard InChI is InChI=1S/C22H38O3/c1-5-7-8-9-10-11-20(25-22(3,4)24)17-14-18-12-15-19(16-13-18)21(23)6-2/h12-13,15-16,20-21,23-24H,5-11,14,17H2,1-4H3. The highest BCUT2D eigenvalue weighted by molar-refractivity contribution is 5.24. The van der Waals surface area contributed by atoms with E-state index in [9.17, 15) is 10.2 Å². The van der Waals surface area contributed by atoms with E-state index in [4.69, 9.17) is 4.74 Å². The number of aryl methyl sites for hydroxylation is 1. The van der Waals surface area contributed by atoms with Gasteiger partial charge < -0.3 is 14.9 Å². The van der Waals surface area contributed by atoms with Crippen molar-refractivity contribution in [3.8, 4) is 0 Å². The van der Waals surface area contributed by atoms with Crippen LogP contribution >= 0.6 is 0 Å². The van der Waals surface area contributed by atoms with E-state index in [0.717, 1.165) is 37.7 Å². The zero-order valence-electron chi connectivity index (χ0n) is 16.6. The van der Waals surface area contributed by atoms with Gasteiger partial charge >= 0.3 is 0 Å². The number of benzene rings is 1. The van der Waals surface area contributed by atoms with Gasteiger partial charge in [0.05, 0.1) is 12.2 Å². The number of hydrogen-bond acceptors (Lipinski definition) is 3. The van der Waals surface area contributed by atoms with Gasteiger partial charge in [-0.05, 0) is 50.7 Å². The van der Waals surface area contributed by atoms with Crippen LogP contribution in [0.2, 0.25) is 0 Å². The van der Waals surface area contributed by atoms with Crippen molar-refractivity contribution in [1.29, 1.82) is 0 Å². The highest BCUT2D eigenvalue weighted by Gasteiger charge is 2.20. The molecule has 1 rings (SSSR count). The van der Waals surface area contributed by atoms with Crippen LogP contribution in [0.15, 0.2) is 24.3 Å². The minimum atomic E-state index is -1.08. The second-order valence-electron chi connectivity index (χ2n) is 7.59. The quantitative estimate of drug-likeness (QED) is 0.363. The van der Waals surface area contributed by atoms with Crippen LogP contribution in [0, 0.1) is 0 Å². The van der Waals surface area contributed by atoms with E-state index < -0.39 is 5.79 Å². The normalized spacial score (nSPS) is 14.5. The molecule has 0 aliphatic carbocycles. The molecule has 0 fully saturated rings. The molecule has 1 aromatic rings. The molecule has 0 aliphatic heterocycles. The summed E-state index contributed by atoms with van der Waals surface area (Å²) in [4.78, 5) is 0. The van der Waals surface area contributed by atoms with Gasteiger partial charge in [0.2, 0.25) is 0 Å². The molecule has 25 heavy (non-hydrogen) atoms. The van der Waals surface area contributed by atoms with Crippen molar-refractivity contribution >= 4 is 0 Å². The fraction of sp³-hybridized carbons (Fsp3) is 0.727. The Morgan fingerprint density at radius 3 is 2.16 bits per heavy atom. The zero-order valence-corrected chi connectivity index (χ0v) is 16.6. The Labute approximate surface area is 154 Å². The molecule has 2 atom stereocenters. The minimum absolute atomic E-state index is 0.0857. The molecule has 144 valence electrons. The summed E-state index contributed by atoms with van der Waals surface area (Å²) >= 11 is 0. The summed E-state index contributed by atoms with van der Waals surface area (Å²) in [5.41, 5.74) is 2.23. The molecule has 3 nitrogen and oxygen atoms in total. The second-order valence-corrected chi connectivity index (χ2v) is 7.59. The fourth-order valence-electron chi connectivity index (χ4n) is 3.12. The number of aliphatic hydroxyl groups excluding tert-OH is 1. The Balaban J connectivity index is 2.50. The van der Waals surface area contributed by atoms with Gasteiger partial charge in [-0.2, -0.15) is 0 Å². The maximum Gasteiger partial charge on any atom is 0.160 e. The molecule has 0 radical (unpaired) electrons. The molecule has 3 heteroatoms. The molecule has 1 aromatic carbocycles. The summed E-state index contributed by atoms with van der Waals surface area (Å²) in [5, 5.41) is 19.9. The SMILES string of the molecule is CCCCCCCC(CCc1ccc(C(O)CC)cc1)OC(C)(C)O. The van der Waals surface area contributed by atoms with Crippen molar-refractivity contribution in [2.45, 2.75) is 103 Å². The Morgan fingerprint density at radius 1 is 0.960 bits per heavy atom. The number of aliphatic hydroxyl groups is 2. The number of unbranched alkanes of at least 4 members (excludes halogenated alkanes) is 4. The predicted molar refractivity (Wildman–Crippen MR) is 105 cm³/mol. The van der Waals surface area contributed by atoms with Crippen molar-refractivity contribution < 1.29 is 14.9 Å². The summed E-state index contributed by atoms with van der Waals surface area (Å²) in [7, 11) is 0. The Kier molecular flexibility index (Phi) is 10.3. The molecule has 2 unspecified atom stereocenters. The van der Waals surface area contributed by atoms with E-state index in [-0.39, 0.29) is 12.2 Å². The lowest BCUT2D eigenvalue weighted by Gasteiger charge is -2.26. The van der Waals surface area contributed by atoms with Crippen molar-refractivity contribution in [2.24, 2.45) is 0 Å². The summed E-state index contributed by atoms with van der Waals surface area (Å²) in [6.07, 6.45) is 9.52. The molecule has 0 aliphatic rings. The summed E-state index contributed by atoms with van der Waals surface area (Å²) in [5.74, 6) is -1.08. The van der Waals surface area contributed by atoms with Gasteiger partial charge in [-0.1, -0.05) is 70.2 Å². The first-order valence-electron chi connectivity index (χ1n) is 10.0. The molecule has 0 saturated carbocycles. The third kappa shape index (κ3) is 9.98. The number of ether oxygens (including phenoxy) is 1. The van der Waals surface area contributed by atoms with Gasteiger partial charge in [0, 0.05) is 0 Å². The van der Waals surface area contributed by atoms with E-state index in [2.05, 4.69) is 19.1 Å². The Bertz CT molecular complexity index is 447. The average molecular weight is 351 g/mol. The first kappa shape index (κ1) is 22.1. The number of hydrogen-bond donors (Lipinski definition) is 2. The Hall–Kier alpha value is -0.900. The monoisotopic (exact) mass is 350 g/mol. The van der Waals surface area contributed by atoms with E-state index in [1.165, 1.54) is 31.2 Å². The lowest BCUT2D eigenvalue weighted by Crippen LogP contribution is -2.30. The summed E-state index contributed by atoms with van der Waals surface area (Å²) in [6.45, 7) is 7.62. The van der Waals surface area contributed by atoms with Crippen LogP contribution in [0.3, 0.4) is 0 Å². The van der Waals surface area contributed by atoms with Crippen molar-refractivity contribution in [1.82, 2.24) is 0 Å². The first-order valence-corrected chi connectivity index (χ1v) is 10.0. The summed E-state index contributed by atoms with van der Waals surface area (Å²) < 4.78 is 5.86. The molecule has 0 bridgehead atoms. The molecule has 0 spiro atoms. The highest BCUT2D eigenvalue weighted by atomic mass is 16.6. The van der Waals surface area contributed by atoms with Crippen molar-refractivity contribution in [2.75, 3.05) is 0 Å². The maximum absolute atomic E-state index is 10.0. The topological polar surface area (TPSA) is 49.7 Å². The minimum Gasteiger partial charge on any atom is -0.388 e. The van der Waals surface area contributed by atoms with E-state index in [0.29, 0.717) is 0 Å². The van der Waals surface area contributed by atoms with Crippen LogP contribution in [0.25, 0.3) is 0 Å². The molecule has 0 amide bonds.